The Bertz CT molecular complexity index is 1310. The van der Waals surface area contributed by atoms with Crippen LogP contribution in [-0.4, -0.2) is 40.9 Å². The Kier molecular flexibility index (Phi) is 5.34. The molecule has 0 saturated carbocycles. The minimum atomic E-state index is -0.664. The van der Waals surface area contributed by atoms with Crippen LogP contribution in [0.5, 0.6) is 0 Å². The lowest BCUT2D eigenvalue weighted by Crippen LogP contribution is -2.68. The number of rotatable bonds is 4. The number of nitriles is 1. The highest BCUT2D eigenvalue weighted by atomic mass is 16.2. The van der Waals surface area contributed by atoms with Gasteiger partial charge in [-0.15, -0.1) is 0 Å². The van der Waals surface area contributed by atoms with Crippen LogP contribution in [0.15, 0.2) is 48.5 Å². The van der Waals surface area contributed by atoms with Gasteiger partial charge in [0, 0.05) is 24.3 Å². The third-order valence-electron chi connectivity index (χ3n) is 7.01. The fourth-order valence-electron chi connectivity index (χ4n) is 5.35. The van der Waals surface area contributed by atoms with Gasteiger partial charge in [-0.05, 0) is 57.1 Å². The average Bonchev–Trinajstić information content (AvgIpc) is 2.81. The van der Waals surface area contributed by atoms with Crippen LogP contribution >= 0.6 is 0 Å². The fraction of sp³-hybridized carbons (Fsp3) is 0.333. The number of para-hydroxylation sites is 1. The number of nitrogens with one attached hydrogen (secondary N) is 1. The molecule has 7 nitrogen and oxygen atoms in total. The van der Waals surface area contributed by atoms with Crippen LogP contribution in [0, 0.1) is 25.2 Å². The average molecular weight is 453 g/mol. The lowest BCUT2D eigenvalue weighted by molar-refractivity contribution is -0.131. The molecular weight excluding hydrogens is 424 g/mol. The molecule has 34 heavy (non-hydrogen) atoms. The number of hydrogen-bond acceptors (Lipinski definition) is 6. The quantitative estimate of drug-likeness (QED) is 0.647. The van der Waals surface area contributed by atoms with E-state index >= 15 is 0 Å². The molecule has 0 bridgehead atoms. The highest BCUT2D eigenvalue weighted by Crippen LogP contribution is 2.44. The van der Waals surface area contributed by atoms with Gasteiger partial charge >= 0.3 is 0 Å². The Labute approximate surface area is 200 Å². The van der Waals surface area contributed by atoms with Crippen molar-refractivity contribution in [2.45, 2.75) is 38.8 Å². The van der Waals surface area contributed by atoms with E-state index in [1.807, 2.05) is 74.3 Å². The molecule has 172 valence electrons. The van der Waals surface area contributed by atoms with E-state index in [0.29, 0.717) is 31.0 Å². The monoisotopic (exact) mass is 452 g/mol. The number of benzene rings is 2. The van der Waals surface area contributed by atoms with Gasteiger partial charge in [0.25, 0.3) is 0 Å². The molecule has 2 aromatic carbocycles. The fourth-order valence-corrected chi connectivity index (χ4v) is 5.35. The van der Waals surface area contributed by atoms with Gasteiger partial charge in [-0.1, -0.05) is 30.3 Å². The predicted molar refractivity (Wildman–Crippen MR) is 132 cm³/mol. The summed E-state index contributed by atoms with van der Waals surface area (Å²) in [6, 6.07) is 17.8. The second kappa shape index (κ2) is 8.23. The Morgan fingerprint density at radius 3 is 2.50 bits per heavy atom. The minimum absolute atomic E-state index is 0.0745. The van der Waals surface area contributed by atoms with Gasteiger partial charge in [0.2, 0.25) is 5.91 Å². The number of likely N-dealkylation sites (N-methyl/N-ethyl adjacent to an activating group) is 1. The molecule has 1 saturated heterocycles. The normalized spacial score (nSPS) is 17.6. The second-order valence-electron chi connectivity index (χ2n) is 9.43. The van der Waals surface area contributed by atoms with Crippen LogP contribution in [0.3, 0.4) is 0 Å². The molecule has 3 aromatic rings. The predicted octanol–water partition coefficient (Wildman–Crippen LogP) is 3.87. The molecular formula is C27H28N6O. The van der Waals surface area contributed by atoms with Crippen molar-refractivity contribution in [2.24, 2.45) is 0 Å². The van der Waals surface area contributed by atoms with Gasteiger partial charge in [-0.3, -0.25) is 4.79 Å². The summed E-state index contributed by atoms with van der Waals surface area (Å²) in [5, 5.41) is 13.0. The first-order valence-electron chi connectivity index (χ1n) is 11.5. The van der Waals surface area contributed by atoms with E-state index < -0.39 is 5.41 Å². The second-order valence-corrected chi connectivity index (χ2v) is 9.43. The summed E-state index contributed by atoms with van der Waals surface area (Å²) < 4.78 is 0. The Hall–Kier alpha value is -3.76. The number of nitrogens with zero attached hydrogens (tertiary/aromatic N) is 5. The van der Waals surface area contributed by atoms with E-state index in [-0.39, 0.29) is 11.9 Å². The van der Waals surface area contributed by atoms with Crippen molar-refractivity contribution in [3.8, 4) is 6.07 Å². The molecule has 5 rings (SSSR count). The molecule has 1 fully saturated rings. The molecule has 1 atom stereocenters. The van der Waals surface area contributed by atoms with Crippen LogP contribution in [0.4, 0.5) is 11.5 Å². The van der Waals surface area contributed by atoms with E-state index in [2.05, 4.69) is 23.2 Å². The van der Waals surface area contributed by atoms with Gasteiger partial charge in [0.15, 0.2) is 0 Å². The molecule has 2 aliphatic rings. The van der Waals surface area contributed by atoms with Crippen LogP contribution in [0.25, 0.3) is 0 Å². The summed E-state index contributed by atoms with van der Waals surface area (Å²) in [4.78, 5) is 27.4. The zero-order valence-electron chi connectivity index (χ0n) is 20.0. The number of aromatic nitrogens is 2. The zero-order valence-corrected chi connectivity index (χ0v) is 20.0. The van der Waals surface area contributed by atoms with Gasteiger partial charge < -0.3 is 15.1 Å². The third-order valence-corrected chi connectivity index (χ3v) is 7.01. The number of hydrogen-bond donors (Lipinski definition) is 1. The first-order chi connectivity index (χ1) is 16.3. The van der Waals surface area contributed by atoms with Crippen molar-refractivity contribution in [1.82, 2.24) is 14.9 Å². The molecule has 3 heterocycles. The molecule has 1 spiro atoms. The maximum absolute atomic E-state index is 13.8. The number of anilines is 2. The molecule has 7 heteroatoms. The minimum Gasteiger partial charge on any atom is -0.363 e. The van der Waals surface area contributed by atoms with E-state index in [0.717, 1.165) is 33.9 Å². The third kappa shape index (κ3) is 3.42. The Morgan fingerprint density at radius 2 is 1.82 bits per heavy atom. The first-order valence-corrected chi connectivity index (χ1v) is 11.5. The van der Waals surface area contributed by atoms with Crippen LogP contribution < -0.4 is 10.2 Å². The van der Waals surface area contributed by atoms with Gasteiger partial charge in [-0.2, -0.15) is 5.26 Å². The van der Waals surface area contributed by atoms with E-state index in [1.165, 1.54) is 0 Å². The number of carbonyl (C=O) groups excluding carboxylic acids is 1. The highest BCUT2D eigenvalue weighted by molar-refractivity contribution is 6.04. The molecule has 1 amide bonds. The summed E-state index contributed by atoms with van der Waals surface area (Å²) in [7, 11) is 2.03. The molecule has 1 aromatic heterocycles. The summed E-state index contributed by atoms with van der Waals surface area (Å²) >= 11 is 0. The van der Waals surface area contributed by atoms with Crippen LogP contribution in [0.1, 0.15) is 46.7 Å². The molecule has 2 aliphatic heterocycles. The van der Waals surface area contributed by atoms with Crippen molar-refractivity contribution in [3.63, 3.8) is 0 Å². The SMILES string of the molecule is Cc1nc(N[C@H](C)c2cccc(C#N)c2C)c2c(n1)C1(CN(C)C1)C(=O)N(c1ccccc1)C2. The number of fused-ring (bicyclic) bond motifs is 2. The highest BCUT2D eigenvalue weighted by Gasteiger charge is 2.56. The lowest BCUT2D eigenvalue weighted by atomic mass is 9.71. The van der Waals surface area contributed by atoms with Crippen molar-refractivity contribution in [2.75, 3.05) is 30.4 Å². The van der Waals surface area contributed by atoms with Crippen molar-refractivity contribution in [3.05, 3.63) is 82.3 Å². The molecule has 1 N–H and O–H groups in total. The largest absolute Gasteiger partial charge is 0.363 e. The van der Waals surface area contributed by atoms with Crippen LogP contribution in [0.2, 0.25) is 0 Å². The number of aryl methyl sites for hydroxylation is 1. The van der Waals surface area contributed by atoms with Crippen LogP contribution in [-0.2, 0) is 16.8 Å². The standard InChI is InChI=1S/C27H28N6O/c1-17-20(13-28)9-8-12-22(17)18(2)29-25-23-14-33(21-10-6-5-7-11-21)26(34)27(15-32(4)16-27)24(23)30-19(3)31-25/h5-12,18H,14-16H2,1-4H3,(H,29,30,31)/t18-/m1/s1. The lowest BCUT2D eigenvalue weighted by Gasteiger charge is -2.52. The summed E-state index contributed by atoms with van der Waals surface area (Å²) in [5.41, 5.74) is 4.70. The van der Waals surface area contributed by atoms with Gasteiger partial charge in [0.05, 0.1) is 29.9 Å². The molecule has 0 radical (unpaired) electrons. The van der Waals surface area contributed by atoms with Crippen molar-refractivity contribution < 1.29 is 4.79 Å². The maximum Gasteiger partial charge on any atom is 0.242 e. The van der Waals surface area contributed by atoms with Crippen molar-refractivity contribution in [1.29, 1.82) is 5.26 Å². The smallest absolute Gasteiger partial charge is 0.242 e. The summed E-state index contributed by atoms with van der Waals surface area (Å²) in [6.07, 6.45) is 0. The van der Waals surface area contributed by atoms with Gasteiger partial charge in [-0.25, -0.2) is 9.97 Å². The van der Waals surface area contributed by atoms with Crippen molar-refractivity contribution >= 4 is 17.4 Å². The molecule has 0 aliphatic carbocycles. The number of amides is 1. The molecule has 0 unspecified atom stereocenters. The Balaban J connectivity index is 1.60. The van der Waals surface area contributed by atoms with E-state index in [1.54, 1.807) is 0 Å². The first kappa shape index (κ1) is 22.1. The van der Waals surface area contributed by atoms with Gasteiger partial charge in [0.1, 0.15) is 17.1 Å². The van der Waals surface area contributed by atoms with E-state index in [4.69, 9.17) is 9.97 Å². The Morgan fingerprint density at radius 1 is 1.09 bits per heavy atom. The zero-order chi connectivity index (χ0) is 24.0. The van der Waals surface area contributed by atoms with E-state index in [9.17, 15) is 10.1 Å². The number of likely N-dealkylation sites (tertiary alicyclic amines) is 1. The summed E-state index contributed by atoms with van der Waals surface area (Å²) in [6.45, 7) is 7.61. The summed E-state index contributed by atoms with van der Waals surface area (Å²) in [5.74, 6) is 1.49. The maximum atomic E-state index is 13.8. The number of carbonyl (C=O) groups is 1. The topological polar surface area (TPSA) is 85.1 Å².